The van der Waals surface area contributed by atoms with Crippen LogP contribution in [0.5, 0.6) is 5.75 Å². The second-order valence-corrected chi connectivity index (χ2v) is 8.19. The number of carbonyl (C=O) groups is 2. The van der Waals surface area contributed by atoms with Gasteiger partial charge >= 0.3 is 12.1 Å². The van der Waals surface area contributed by atoms with E-state index >= 15 is 4.39 Å². The highest BCUT2D eigenvalue weighted by molar-refractivity contribution is 5.79. The third-order valence-electron chi connectivity index (χ3n) is 5.03. The first kappa shape index (κ1) is 23.8. The number of likely N-dealkylation sites (tertiary alicyclic amines) is 1. The van der Waals surface area contributed by atoms with Crippen molar-refractivity contribution in [2.24, 2.45) is 5.41 Å². The average Bonchev–Trinajstić information content (AvgIpc) is 2.67. The summed E-state index contributed by atoms with van der Waals surface area (Å²) in [5, 5.41) is 0. The lowest BCUT2D eigenvalue weighted by Crippen LogP contribution is -2.50. The molecule has 0 spiro atoms. The zero-order valence-corrected chi connectivity index (χ0v) is 17.9. The van der Waals surface area contributed by atoms with E-state index < -0.39 is 52.2 Å². The summed E-state index contributed by atoms with van der Waals surface area (Å²) in [6, 6.07) is 1.84. The summed E-state index contributed by atoms with van der Waals surface area (Å²) in [6.45, 7) is 6.80. The van der Waals surface area contributed by atoms with Crippen molar-refractivity contribution in [3.05, 3.63) is 29.3 Å². The van der Waals surface area contributed by atoms with E-state index in [2.05, 4.69) is 4.74 Å². The van der Waals surface area contributed by atoms with Gasteiger partial charge in [-0.2, -0.15) is 0 Å². The van der Waals surface area contributed by atoms with Crippen molar-refractivity contribution in [2.45, 2.75) is 52.3 Å². The van der Waals surface area contributed by atoms with Crippen molar-refractivity contribution in [2.75, 3.05) is 26.8 Å². The minimum absolute atomic E-state index is 0.0122. The lowest BCUT2D eigenvalue weighted by atomic mass is 9.72. The smallest absolute Gasteiger partial charge is 0.410 e. The molecule has 1 fully saturated rings. The van der Waals surface area contributed by atoms with Gasteiger partial charge in [0.25, 0.3) is 0 Å². The standard InChI is InChI=1S/C21H28F3NO5/c1-6-29-18(26)21(9-11-25(12-10-21)19(27)30-20(2,3)4)17(24)13-7-8-14(22)16(28-5)15(13)23/h7-8,17H,6,9-12H2,1-5H3. The van der Waals surface area contributed by atoms with Crippen LogP contribution >= 0.6 is 0 Å². The second-order valence-electron chi connectivity index (χ2n) is 8.19. The SMILES string of the molecule is CCOC(=O)C1(C(F)c2ccc(F)c(OC)c2F)CCN(C(=O)OC(C)(C)C)CC1. The molecule has 1 saturated heterocycles. The molecule has 6 nitrogen and oxygen atoms in total. The lowest BCUT2D eigenvalue weighted by molar-refractivity contribution is -0.164. The summed E-state index contributed by atoms with van der Waals surface area (Å²) in [4.78, 5) is 26.4. The van der Waals surface area contributed by atoms with Gasteiger partial charge in [-0.3, -0.25) is 4.79 Å². The summed E-state index contributed by atoms with van der Waals surface area (Å²) in [7, 11) is 1.07. The fourth-order valence-corrected chi connectivity index (χ4v) is 3.48. The summed E-state index contributed by atoms with van der Waals surface area (Å²) < 4.78 is 59.3. The molecular formula is C21H28F3NO5. The number of halogens is 3. The molecule has 30 heavy (non-hydrogen) atoms. The van der Waals surface area contributed by atoms with Gasteiger partial charge in [0.15, 0.2) is 17.4 Å². The van der Waals surface area contributed by atoms with Crippen molar-refractivity contribution in [3.63, 3.8) is 0 Å². The molecule has 1 unspecified atom stereocenters. The van der Waals surface area contributed by atoms with Gasteiger partial charge in [-0.05, 0) is 52.7 Å². The summed E-state index contributed by atoms with van der Waals surface area (Å²) in [6.07, 6.45) is -2.91. The molecule has 1 aliphatic rings. The maximum absolute atomic E-state index is 15.7. The largest absolute Gasteiger partial charge is 0.491 e. The van der Waals surface area contributed by atoms with Crippen LogP contribution in [0.2, 0.25) is 0 Å². The molecule has 1 amide bonds. The van der Waals surface area contributed by atoms with Crippen molar-refractivity contribution >= 4 is 12.1 Å². The fourth-order valence-electron chi connectivity index (χ4n) is 3.48. The van der Waals surface area contributed by atoms with Gasteiger partial charge < -0.3 is 19.1 Å². The number of esters is 1. The Morgan fingerprint density at radius 3 is 2.30 bits per heavy atom. The van der Waals surface area contributed by atoms with Crippen LogP contribution in [-0.4, -0.2) is 49.4 Å². The molecule has 9 heteroatoms. The molecule has 1 atom stereocenters. The van der Waals surface area contributed by atoms with Gasteiger partial charge in [0.05, 0.1) is 13.7 Å². The van der Waals surface area contributed by atoms with Crippen LogP contribution in [0.1, 0.15) is 52.3 Å². The van der Waals surface area contributed by atoms with Gasteiger partial charge in [0, 0.05) is 18.7 Å². The predicted octanol–water partition coefficient (Wildman–Crippen LogP) is 4.56. The predicted molar refractivity (Wildman–Crippen MR) is 103 cm³/mol. The van der Waals surface area contributed by atoms with Gasteiger partial charge in [-0.15, -0.1) is 0 Å². The van der Waals surface area contributed by atoms with E-state index in [1.54, 1.807) is 27.7 Å². The maximum atomic E-state index is 15.7. The Bertz CT molecular complexity index is 786. The van der Waals surface area contributed by atoms with Crippen LogP contribution in [0.15, 0.2) is 12.1 Å². The number of methoxy groups -OCH3 is 1. The quantitative estimate of drug-likeness (QED) is 0.640. The summed E-state index contributed by atoms with van der Waals surface area (Å²) in [5.74, 6) is -3.73. The number of alkyl halides is 1. The third kappa shape index (κ3) is 4.82. The maximum Gasteiger partial charge on any atom is 0.410 e. The Hall–Kier alpha value is -2.45. The first-order chi connectivity index (χ1) is 14.0. The molecular weight excluding hydrogens is 403 g/mol. The summed E-state index contributed by atoms with van der Waals surface area (Å²) in [5.41, 5.74) is -2.92. The van der Waals surface area contributed by atoms with Crippen molar-refractivity contribution in [1.82, 2.24) is 4.90 Å². The number of rotatable bonds is 5. The molecule has 1 aliphatic heterocycles. The highest BCUT2D eigenvalue weighted by Gasteiger charge is 2.52. The number of benzene rings is 1. The van der Waals surface area contributed by atoms with Crippen LogP contribution in [-0.2, 0) is 14.3 Å². The molecule has 168 valence electrons. The van der Waals surface area contributed by atoms with E-state index in [0.29, 0.717) is 0 Å². The van der Waals surface area contributed by atoms with Crippen molar-refractivity contribution in [1.29, 1.82) is 0 Å². The van der Waals surface area contributed by atoms with Crippen molar-refractivity contribution < 1.29 is 37.0 Å². The highest BCUT2D eigenvalue weighted by atomic mass is 19.1. The number of amides is 1. The molecule has 0 aromatic heterocycles. The first-order valence-electron chi connectivity index (χ1n) is 9.78. The fraction of sp³-hybridized carbons (Fsp3) is 0.619. The number of piperidine rings is 1. The van der Waals surface area contributed by atoms with Crippen LogP contribution < -0.4 is 4.74 Å². The minimum Gasteiger partial charge on any atom is -0.491 e. The Morgan fingerprint density at radius 2 is 1.80 bits per heavy atom. The zero-order chi connectivity index (χ0) is 22.7. The number of ether oxygens (including phenoxy) is 3. The monoisotopic (exact) mass is 431 g/mol. The molecule has 1 aromatic carbocycles. The number of nitrogens with zero attached hydrogens (tertiary/aromatic N) is 1. The molecule has 0 bridgehead atoms. The van der Waals surface area contributed by atoms with E-state index in [9.17, 15) is 18.4 Å². The summed E-state index contributed by atoms with van der Waals surface area (Å²) >= 11 is 0. The number of carbonyl (C=O) groups excluding carboxylic acids is 2. The van der Waals surface area contributed by atoms with Crippen LogP contribution in [0.25, 0.3) is 0 Å². The molecule has 1 heterocycles. The third-order valence-corrected chi connectivity index (χ3v) is 5.03. The van der Waals surface area contributed by atoms with Gasteiger partial charge in [-0.25, -0.2) is 18.0 Å². The normalized spacial score (nSPS) is 17.3. The molecule has 0 aliphatic carbocycles. The number of hydrogen-bond acceptors (Lipinski definition) is 5. The van der Waals surface area contributed by atoms with E-state index in [4.69, 9.17) is 9.47 Å². The minimum atomic E-state index is -2.12. The van der Waals surface area contributed by atoms with E-state index in [-0.39, 0.29) is 32.5 Å². The Kier molecular flexibility index (Phi) is 7.26. The first-order valence-corrected chi connectivity index (χ1v) is 9.78. The Balaban J connectivity index is 2.34. The Labute approximate surface area is 174 Å². The molecule has 0 saturated carbocycles. The van der Waals surface area contributed by atoms with Gasteiger partial charge in [-0.1, -0.05) is 0 Å². The highest BCUT2D eigenvalue weighted by Crippen LogP contribution is 2.48. The second kappa shape index (κ2) is 9.14. The molecule has 2 rings (SSSR count). The van der Waals surface area contributed by atoms with Gasteiger partial charge in [0.2, 0.25) is 0 Å². The van der Waals surface area contributed by atoms with Crippen LogP contribution in [0.4, 0.5) is 18.0 Å². The van der Waals surface area contributed by atoms with Crippen molar-refractivity contribution in [3.8, 4) is 5.75 Å². The molecule has 1 aromatic rings. The van der Waals surface area contributed by atoms with Crippen LogP contribution in [0, 0.1) is 17.0 Å². The van der Waals surface area contributed by atoms with Crippen LogP contribution in [0.3, 0.4) is 0 Å². The lowest BCUT2D eigenvalue weighted by Gasteiger charge is -2.41. The van der Waals surface area contributed by atoms with E-state index in [1.165, 1.54) is 4.90 Å². The van der Waals surface area contributed by atoms with E-state index in [1.807, 2.05) is 0 Å². The number of hydrogen-bond donors (Lipinski definition) is 0. The Morgan fingerprint density at radius 1 is 1.20 bits per heavy atom. The van der Waals surface area contributed by atoms with E-state index in [0.717, 1.165) is 19.2 Å². The zero-order valence-electron chi connectivity index (χ0n) is 17.9. The van der Waals surface area contributed by atoms with Gasteiger partial charge in [0.1, 0.15) is 17.2 Å². The molecule has 0 radical (unpaired) electrons. The molecule has 0 N–H and O–H groups in total. The topological polar surface area (TPSA) is 65.1 Å². The average molecular weight is 431 g/mol.